The number of amides is 1. The van der Waals surface area contributed by atoms with Gasteiger partial charge in [-0.3, -0.25) is 9.78 Å². The van der Waals surface area contributed by atoms with Crippen molar-refractivity contribution in [3.63, 3.8) is 0 Å². The number of rotatable bonds is 5. The predicted octanol–water partition coefficient (Wildman–Crippen LogP) is 2.45. The van der Waals surface area contributed by atoms with E-state index in [1.807, 2.05) is 47.9 Å². The molecule has 1 amide bonds. The standard InChI is InChI=1S/C17H18N4O/c1-13-5-4-9-18-15(13)11-19-17(22)8-10-21-12-20-14-6-2-3-7-16(14)21/h2-7,9,12H,8,10-11H2,1H3,(H,19,22). The van der Waals surface area contributed by atoms with Crippen molar-refractivity contribution >= 4 is 16.9 Å². The molecule has 3 rings (SSSR count). The van der Waals surface area contributed by atoms with E-state index in [1.165, 1.54) is 0 Å². The molecule has 2 heterocycles. The molecule has 112 valence electrons. The summed E-state index contributed by atoms with van der Waals surface area (Å²) in [7, 11) is 0. The highest BCUT2D eigenvalue weighted by Gasteiger charge is 2.06. The van der Waals surface area contributed by atoms with E-state index in [1.54, 1.807) is 12.5 Å². The zero-order chi connectivity index (χ0) is 15.4. The SMILES string of the molecule is Cc1cccnc1CNC(=O)CCn1cnc2ccccc21. The molecular formula is C17H18N4O. The van der Waals surface area contributed by atoms with Crippen molar-refractivity contribution in [3.05, 3.63) is 60.2 Å². The number of carbonyl (C=O) groups is 1. The first-order chi connectivity index (χ1) is 10.7. The topological polar surface area (TPSA) is 59.8 Å². The van der Waals surface area contributed by atoms with E-state index in [4.69, 9.17) is 0 Å². The van der Waals surface area contributed by atoms with Crippen LogP contribution in [-0.4, -0.2) is 20.4 Å². The Morgan fingerprint density at radius 1 is 1.18 bits per heavy atom. The molecule has 2 aromatic heterocycles. The molecule has 3 aromatic rings. The van der Waals surface area contributed by atoms with Gasteiger partial charge in [-0.25, -0.2) is 4.98 Å². The smallest absolute Gasteiger partial charge is 0.222 e. The number of benzene rings is 1. The third-order valence-electron chi connectivity index (χ3n) is 3.68. The quantitative estimate of drug-likeness (QED) is 0.786. The number of aryl methyl sites for hydroxylation is 2. The van der Waals surface area contributed by atoms with E-state index in [9.17, 15) is 4.79 Å². The Morgan fingerprint density at radius 2 is 2.05 bits per heavy atom. The number of pyridine rings is 1. The summed E-state index contributed by atoms with van der Waals surface area (Å²) in [6, 6.07) is 11.8. The normalized spacial score (nSPS) is 10.8. The Bertz CT molecular complexity index is 794. The van der Waals surface area contributed by atoms with Crippen molar-refractivity contribution in [2.45, 2.75) is 26.4 Å². The minimum absolute atomic E-state index is 0.0165. The molecule has 0 spiro atoms. The van der Waals surface area contributed by atoms with Gasteiger partial charge in [0.2, 0.25) is 5.91 Å². The fourth-order valence-electron chi connectivity index (χ4n) is 2.38. The summed E-state index contributed by atoms with van der Waals surface area (Å²) < 4.78 is 2.00. The molecule has 0 saturated heterocycles. The van der Waals surface area contributed by atoms with Crippen molar-refractivity contribution in [3.8, 4) is 0 Å². The lowest BCUT2D eigenvalue weighted by Gasteiger charge is -2.08. The average molecular weight is 294 g/mol. The fraction of sp³-hybridized carbons (Fsp3) is 0.235. The van der Waals surface area contributed by atoms with Crippen LogP contribution in [0.3, 0.4) is 0 Å². The molecular weight excluding hydrogens is 276 g/mol. The molecule has 0 atom stereocenters. The number of hydrogen-bond donors (Lipinski definition) is 1. The van der Waals surface area contributed by atoms with Gasteiger partial charge < -0.3 is 9.88 Å². The summed E-state index contributed by atoms with van der Waals surface area (Å²) in [4.78, 5) is 20.6. The van der Waals surface area contributed by atoms with Crippen LogP contribution in [0.15, 0.2) is 48.9 Å². The minimum Gasteiger partial charge on any atom is -0.350 e. The predicted molar refractivity (Wildman–Crippen MR) is 85.2 cm³/mol. The first-order valence-electron chi connectivity index (χ1n) is 7.31. The average Bonchev–Trinajstić information content (AvgIpc) is 2.95. The van der Waals surface area contributed by atoms with Crippen LogP contribution in [0.2, 0.25) is 0 Å². The Morgan fingerprint density at radius 3 is 2.91 bits per heavy atom. The van der Waals surface area contributed by atoms with E-state index in [0.29, 0.717) is 19.5 Å². The van der Waals surface area contributed by atoms with Gasteiger partial charge in [-0.1, -0.05) is 18.2 Å². The summed E-state index contributed by atoms with van der Waals surface area (Å²) in [6.07, 6.45) is 3.94. The van der Waals surface area contributed by atoms with Gasteiger partial charge in [-0.2, -0.15) is 0 Å². The van der Waals surface area contributed by atoms with Gasteiger partial charge in [0, 0.05) is 19.2 Å². The molecule has 0 radical (unpaired) electrons. The molecule has 0 aliphatic heterocycles. The Kier molecular flexibility index (Phi) is 4.14. The van der Waals surface area contributed by atoms with Crippen LogP contribution < -0.4 is 5.32 Å². The second-order valence-corrected chi connectivity index (χ2v) is 5.22. The molecule has 0 aliphatic rings. The molecule has 0 fully saturated rings. The van der Waals surface area contributed by atoms with Crippen molar-refractivity contribution < 1.29 is 4.79 Å². The van der Waals surface area contributed by atoms with Gasteiger partial charge in [0.15, 0.2) is 0 Å². The van der Waals surface area contributed by atoms with Gasteiger partial charge >= 0.3 is 0 Å². The molecule has 5 heteroatoms. The van der Waals surface area contributed by atoms with E-state index in [0.717, 1.165) is 22.3 Å². The number of hydrogen-bond acceptors (Lipinski definition) is 3. The second-order valence-electron chi connectivity index (χ2n) is 5.22. The van der Waals surface area contributed by atoms with Crippen LogP contribution in [0.5, 0.6) is 0 Å². The third-order valence-corrected chi connectivity index (χ3v) is 3.68. The molecule has 0 aliphatic carbocycles. The summed E-state index contributed by atoms with van der Waals surface area (Å²) in [5.41, 5.74) is 4.00. The van der Waals surface area contributed by atoms with Crippen LogP contribution in [-0.2, 0) is 17.9 Å². The van der Waals surface area contributed by atoms with E-state index >= 15 is 0 Å². The Labute approximate surface area is 129 Å². The zero-order valence-corrected chi connectivity index (χ0v) is 12.5. The van der Waals surface area contributed by atoms with Gasteiger partial charge in [0.1, 0.15) is 0 Å². The highest BCUT2D eigenvalue weighted by atomic mass is 16.1. The summed E-state index contributed by atoms with van der Waals surface area (Å²) in [5, 5.41) is 2.92. The lowest BCUT2D eigenvalue weighted by Crippen LogP contribution is -2.24. The number of nitrogens with one attached hydrogen (secondary N) is 1. The van der Waals surface area contributed by atoms with Gasteiger partial charge in [-0.05, 0) is 30.7 Å². The van der Waals surface area contributed by atoms with Crippen molar-refractivity contribution in [2.75, 3.05) is 0 Å². The molecule has 0 unspecified atom stereocenters. The van der Waals surface area contributed by atoms with Crippen molar-refractivity contribution in [1.82, 2.24) is 19.9 Å². The van der Waals surface area contributed by atoms with Crippen LogP contribution in [0.4, 0.5) is 0 Å². The molecule has 0 bridgehead atoms. The molecule has 5 nitrogen and oxygen atoms in total. The summed E-state index contributed by atoms with van der Waals surface area (Å²) >= 11 is 0. The molecule has 22 heavy (non-hydrogen) atoms. The van der Waals surface area contributed by atoms with Crippen LogP contribution in [0, 0.1) is 6.92 Å². The van der Waals surface area contributed by atoms with Crippen LogP contribution in [0.1, 0.15) is 17.7 Å². The third kappa shape index (κ3) is 3.14. The maximum absolute atomic E-state index is 12.0. The number of fused-ring (bicyclic) bond motifs is 1. The lowest BCUT2D eigenvalue weighted by molar-refractivity contribution is -0.121. The number of nitrogens with zero attached hydrogens (tertiary/aromatic N) is 3. The minimum atomic E-state index is 0.0165. The largest absolute Gasteiger partial charge is 0.350 e. The van der Waals surface area contributed by atoms with E-state index < -0.39 is 0 Å². The Hall–Kier alpha value is -2.69. The van der Waals surface area contributed by atoms with Gasteiger partial charge in [0.25, 0.3) is 0 Å². The van der Waals surface area contributed by atoms with Crippen LogP contribution >= 0.6 is 0 Å². The van der Waals surface area contributed by atoms with Gasteiger partial charge in [0.05, 0.1) is 29.6 Å². The van der Waals surface area contributed by atoms with Gasteiger partial charge in [-0.15, -0.1) is 0 Å². The number of aromatic nitrogens is 3. The summed E-state index contributed by atoms with van der Waals surface area (Å²) in [6.45, 7) is 3.08. The maximum atomic E-state index is 12.0. The fourth-order valence-corrected chi connectivity index (χ4v) is 2.38. The van der Waals surface area contributed by atoms with E-state index in [2.05, 4.69) is 15.3 Å². The highest BCUT2D eigenvalue weighted by molar-refractivity contribution is 5.77. The zero-order valence-electron chi connectivity index (χ0n) is 12.5. The summed E-state index contributed by atoms with van der Waals surface area (Å²) in [5.74, 6) is 0.0165. The maximum Gasteiger partial charge on any atom is 0.222 e. The number of imidazole rings is 1. The Balaban J connectivity index is 1.55. The first-order valence-corrected chi connectivity index (χ1v) is 7.31. The molecule has 0 saturated carbocycles. The highest BCUT2D eigenvalue weighted by Crippen LogP contribution is 2.12. The van der Waals surface area contributed by atoms with Crippen molar-refractivity contribution in [2.24, 2.45) is 0 Å². The first kappa shape index (κ1) is 14.3. The number of carbonyl (C=O) groups excluding carboxylic acids is 1. The lowest BCUT2D eigenvalue weighted by atomic mass is 10.2. The molecule has 1 N–H and O–H groups in total. The second kappa shape index (κ2) is 6.39. The van der Waals surface area contributed by atoms with E-state index in [-0.39, 0.29) is 5.91 Å². The number of para-hydroxylation sites is 2. The van der Waals surface area contributed by atoms with Crippen LogP contribution in [0.25, 0.3) is 11.0 Å². The van der Waals surface area contributed by atoms with Crippen molar-refractivity contribution in [1.29, 1.82) is 0 Å². The monoisotopic (exact) mass is 294 g/mol. The molecule has 1 aromatic carbocycles.